The fourth-order valence-electron chi connectivity index (χ4n) is 1.81. The Hall–Kier alpha value is -2.17. The second kappa shape index (κ2) is 6.13. The Labute approximate surface area is 112 Å². The van der Waals surface area contributed by atoms with E-state index in [0.29, 0.717) is 30.8 Å². The topological polar surface area (TPSA) is 57.0 Å². The zero-order valence-electron chi connectivity index (χ0n) is 11.2. The summed E-state index contributed by atoms with van der Waals surface area (Å²) in [6.07, 6.45) is 1.71. The highest BCUT2D eigenvalue weighted by atomic mass is 16.5. The Morgan fingerprint density at radius 2 is 2.00 bits per heavy atom. The van der Waals surface area contributed by atoms with Crippen LogP contribution in [0.15, 0.2) is 24.3 Å². The lowest BCUT2D eigenvalue weighted by Crippen LogP contribution is -2.08. The number of nitrogens with zero attached hydrogens (tertiary/aromatic N) is 3. The standard InChI is InChI=1S/C14H17N3O2/c1-3-11-5-7-12(8-6-11)19-10-14-13(9-18)15-16-17(14)4-2/h5-9H,3-4,10H2,1-2H3. The summed E-state index contributed by atoms with van der Waals surface area (Å²) in [7, 11) is 0. The van der Waals surface area contributed by atoms with Crippen LogP contribution in [0.2, 0.25) is 0 Å². The van der Waals surface area contributed by atoms with Crippen molar-refractivity contribution in [1.29, 1.82) is 0 Å². The molecule has 0 aliphatic carbocycles. The van der Waals surface area contributed by atoms with Crippen molar-refractivity contribution in [2.45, 2.75) is 33.4 Å². The van der Waals surface area contributed by atoms with Crippen LogP contribution < -0.4 is 4.74 Å². The number of hydrogen-bond donors (Lipinski definition) is 0. The van der Waals surface area contributed by atoms with Crippen LogP contribution in [-0.2, 0) is 19.6 Å². The van der Waals surface area contributed by atoms with Gasteiger partial charge in [0.25, 0.3) is 0 Å². The Bertz CT molecular complexity index is 546. The van der Waals surface area contributed by atoms with E-state index in [1.54, 1.807) is 4.68 Å². The lowest BCUT2D eigenvalue weighted by Gasteiger charge is -2.08. The number of hydrogen-bond acceptors (Lipinski definition) is 4. The molecule has 2 aromatic rings. The van der Waals surface area contributed by atoms with Crippen molar-refractivity contribution in [3.05, 3.63) is 41.2 Å². The summed E-state index contributed by atoms with van der Waals surface area (Å²) in [6.45, 7) is 5.01. The normalized spacial score (nSPS) is 10.4. The van der Waals surface area contributed by atoms with Gasteiger partial charge in [-0.1, -0.05) is 24.3 Å². The lowest BCUT2D eigenvalue weighted by molar-refractivity contribution is 0.111. The molecule has 5 heteroatoms. The molecule has 0 aliphatic heterocycles. The van der Waals surface area contributed by atoms with Gasteiger partial charge in [-0.15, -0.1) is 5.10 Å². The van der Waals surface area contributed by atoms with Gasteiger partial charge >= 0.3 is 0 Å². The van der Waals surface area contributed by atoms with Crippen LogP contribution in [0.4, 0.5) is 0 Å². The molecular weight excluding hydrogens is 242 g/mol. The monoisotopic (exact) mass is 259 g/mol. The Balaban J connectivity index is 2.08. The molecule has 2 rings (SSSR count). The maximum absolute atomic E-state index is 10.9. The maximum atomic E-state index is 10.9. The van der Waals surface area contributed by atoms with E-state index in [4.69, 9.17) is 4.74 Å². The van der Waals surface area contributed by atoms with Gasteiger partial charge in [-0.25, -0.2) is 4.68 Å². The molecule has 19 heavy (non-hydrogen) atoms. The first-order chi connectivity index (χ1) is 9.28. The zero-order chi connectivity index (χ0) is 13.7. The zero-order valence-corrected chi connectivity index (χ0v) is 11.2. The van der Waals surface area contributed by atoms with Crippen molar-refractivity contribution in [1.82, 2.24) is 15.0 Å². The SMILES string of the molecule is CCc1ccc(OCc2c(C=O)nnn2CC)cc1. The summed E-state index contributed by atoms with van der Waals surface area (Å²) < 4.78 is 7.35. The molecule has 100 valence electrons. The Morgan fingerprint density at radius 3 is 2.58 bits per heavy atom. The molecule has 1 heterocycles. The molecule has 0 saturated carbocycles. The molecule has 0 spiro atoms. The van der Waals surface area contributed by atoms with E-state index in [1.807, 2.05) is 31.2 Å². The van der Waals surface area contributed by atoms with Gasteiger partial charge in [0.15, 0.2) is 12.0 Å². The number of aldehydes is 1. The molecule has 0 amide bonds. The molecule has 0 fully saturated rings. The second-order valence-electron chi connectivity index (χ2n) is 4.14. The maximum Gasteiger partial charge on any atom is 0.172 e. The summed E-state index contributed by atoms with van der Waals surface area (Å²) >= 11 is 0. The smallest absolute Gasteiger partial charge is 0.172 e. The van der Waals surface area contributed by atoms with Gasteiger partial charge in [-0.05, 0) is 31.0 Å². The third kappa shape index (κ3) is 2.99. The van der Waals surface area contributed by atoms with Gasteiger partial charge in [0.1, 0.15) is 18.1 Å². The molecule has 0 unspecified atom stereocenters. The van der Waals surface area contributed by atoms with Crippen LogP contribution in [0.5, 0.6) is 5.75 Å². The van der Waals surface area contributed by atoms with E-state index in [2.05, 4.69) is 17.2 Å². The summed E-state index contributed by atoms with van der Waals surface area (Å²) in [5.74, 6) is 0.776. The van der Waals surface area contributed by atoms with Crippen LogP contribution >= 0.6 is 0 Å². The van der Waals surface area contributed by atoms with Gasteiger partial charge in [0, 0.05) is 6.54 Å². The fraction of sp³-hybridized carbons (Fsp3) is 0.357. The summed E-state index contributed by atoms with van der Waals surface area (Å²) in [6, 6.07) is 7.93. The average molecular weight is 259 g/mol. The van der Waals surface area contributed by atoms with E-state index in [9.17, 15) is 4.79 Å². The van der Waals surface area contributed by atoms with Gasteiger partial charge in [-0.3, -0.25) is 4.79 Å². The number of rotatable bonds is 6. The molecule has 0 atom stereocenters. The molecular formula is C14H17N3O2. The predicted octanol–water partition coefficient (Wildman–Crippen LogP) is 2.25. The number of aryl methyl sites for hydroxylation is 2. The van der Waals surface area contributed by atoms with Crippen LogP contribution in [-0.4, -0.2) is 21.3 Å². The average Bonchev–Trinajstić information content (AvgIpc) is 2.87. The molecule has 0 N–H and O–H groups in total. The van der Waals surface area contributed by atoms with Crippen LogP contribution in [0, 0.1) is 0 Å². The molecule has 0 bridgehead atoms. The molecule has 1 aromatic heterocycles. The second-order valence-corrected chi connectivity index (χ2v) is 4.14. The van der Waals surface area contributed by atoms with Crippen LogP contribution in [0.3, 0.4) is 0 Å². The van der Waals surface area contributed by atoms with Gasteiger partial charge < -0.3 is 4.74 Å². The lowest BCUT2D eigenvalue weighted by atomic mass is 10.2. The first kappa shape index (κ1) is 13.3. The van der Waals surface area contributed by atoms with E-state index in [0.717, 1.165) is 12.2 Å². The minimum Gasteiger partial charge on any atom is -0.487 e. The van der Waals surface area contributed by atoms with E-state index in [-0.39, 0.29) is 0 Å². The molecule has 0 aliphatic rings. The number of carbonyl (C=O) groups excluding carboxylic acids is 1. The summed E-state index contributed by atoms with van der Waals surface area (Å²) in [4.78, 5) is 10.9. The van der Waals surface area contributed by atoms with E-state index < -0.39 is 0 Å². The number of benzene rings is 1. The summed E-state index contributed by atoms with van der Waals surface area (Å²) in [5.41, 5.74) is 2.31. The minimum absolute atomic E-state index is 0.292. The molecule has 5 nitrogen and oxygen atoms in total. The quantitative estimate of drug-likeness (QED) is 0.747. The van der Waals surface area contributed by atoms with Crippen molar-refractivity contribution in [3.8, 4) is 5.75 Å². The number of ether oxygens (including phenoxy) is 1. The number of aromatic nitrogens is 3. The van der Waals surface area contributed by atoms with Crippen LogP contribution in [0.25, 0.3) is 0 Å². The van der Waals surface area contributed by atoms with Crippen molar-refractivity contribution < 1.29 is 9.53 Å². The van der Waals surface area contributed by atoms with Crippen molar-refractivity contribution in [3.63, 3.8) is 0 Å². The first-order valence-corrected chi connectivity index (χ1v) is 6.37. The first-order valence-electron chi connectivity index (χ1n) is 6.37. The van der Waals surface area contributed by atoms with Crippen molar-refractivity contribution in [2.75, 3.05) is 0 Å². The molecule has 0 radical (unpaired) electrons. The fourth-order valence-corrected chi connectivity index (χ4v) is 1.81. The highest BCUT2D eigenvalue weighted by molar-refractivity contribution is 5.73. The molecule has 1 aromatic carbocycles. The highest BCUT2D eigenvalue weighted by Gasteiger charge is 2.11. The third-order valence-electron chi connectivity index (χ3n) is 2.99. The third-order valence-corrected chi connectivity index (χ3v) is 2.99. The van der Waals surface area contributed by atoms with E-state index in [1.165, 1.54) is 5.56 Å². The van der Waals surface area contributed by atoms with Crippen molar-refractivity contribution in [2.24, 2.45) is 0 Å². The van der Waals surface area contributed by atoms with E-state index >= 15 is 0 Å². The van der Waals surface area contributed by atoms with Crippen LogP contribution in [0.1, 0.15) is 35.6 Å². The van der Waals surface area contributed by atoms with Gasteiger partial charge in [-0.2, -0.15) is 0 Å². The van der Waals surface area contributed by atoms with Crippen molar-refractivity contribution >= 4 is 6.29 Å². The molecule has 0 saturated heterocycles. The number of carbonyl (C=O) groups is 1. The Kier molecular flexibility index (Phi) is 4.28. The van der Waals surface area contributed by atoms with Gasteiger partial charge in [0.05, 0.1) is 0 Å². The summed E-state index contributed by atoms with van der Waals surface area (Å²) in [5, 5.41) is 7.71. The minimum atomic E-state index is 0.292. The highest BCUT2D eigenvalue weighted by Crippen LogP contribution is 2.15. The largest absolute Gasteiger partial charge is 0.487 e. The Morgan fingerprint density at radius 1 is 1.26 bits per heavy atom. The predicted molar refractivity (Wildman–Crippen MR) is 71.2 cm³/mol. The van der Waals surface area contributed by atoms with Gasteiger partial charge in [0.2, 0.25) is 0 Å².